The molecule has 4 rings (SSSR count). The van der Waals surface area contributed by atoms with Gasteiger partial charge >= 0.3 is 0 Å². The number of para-hydroxylation sites is 1. The summed E-state index contributed by atoms with van der Waals surface area (Å²) >= 11 is 1.37. The van der Waals surface area contributed by atoms with Crippen molar-refractivity contribution in [1.29, 1.82) is 0 Å². The number of ether oxygens (including phenoxy) is 1. The molecule has 1 aromatic heterocycles. The minimum atomic E-state index is -3.98. The van der Waals surface area contributed by atoms with Crippen LogP contribution in [0.5, 0.6) is 5.75 Å². The predicted octanol–water partition coefficient (Wildman–Crippen LogP) is 4.77. The Labute approximate surface area is 258 Å². The van der Waals surface area contributed by atoms with Crippen molar-refractivity contribution in [3.8, 4) is 5.75 Å². The molecule has 0 fully saturated rings. The van der Waals surface area contributed by atoms with Gasteiger partial charge in [-0.15, -0.1) is 0 Å². The highest BCUT2D eigenvalue weighted by molar-refractivity contribution is 7.89. The zero-order chi connectivity index (χ0) is 31.1. The number of anilines is 1. The van der Waals surface area contributed by atoms with Crippen molar-refractivity contribution in [2.45, 2.75) is 51.2 Å². The molecule has 0 radical (unpaired) electrons. The molecule has 0 bridgehead atoms. The quantitative estimate of drug-likeness (QED) is 0.185. The number of hydrogen-bond acceptors (Lipinski definition) is 8. The largest absolute Gasteiger partial charge is 0.483 e. The average Bonchev–Trinajstić information content (AvgIpc) is 3.39. The normalized spacial score (nSPS) is 13.3. The molecule has 4 aromatic rings. The summed E-state index contributed by atoms with van der Waals surface area (Å²) in [5, 5.41) is 18.1. The number of carbonyl (C=O) groups is 1. The zero-order valence-electron chi connectivity index (χ0n) is 25.2. The van der Waals surface area contributed by atoms with Gasteiger partial charge in [0.05, 0.1) is 27.3 Å². The van der Waals surface area contributed by atoms with Crippen LogP contribution in [0.15, 0.2) is 71.6 Å². The molecule has 3 N–H and O–H groups in total. The van der Waals surface area contributed by atoms with Crippen LogP contribution >= 0.6 is 11.3 Å². The Hall–Kier alpha value is -3.51. The average molecular weight is 625 g/mol. The second-order valence-corrected chi connectivity index (χ2v) is 14.0. The van der Waals surface area contributed by atoms with Crippen LogP contribution in [0, 0.1) is 19.8 Å². The number of nitrogens with zero attached hydrogens (tertiary/aromatic N) is 2. The fourth-order valence-electron chi connectivity index (χ4n) is 4.90. The molecule has 0 aliphatic heterocycles. The van der Waals surface area contributed by atoms with Crippen LogP contribution in [0.4, 0.5) is 5.13 Å². The van der Waals surface area contributed by atoms with Gasteiger partial charge in [-0.1, -0.05) is 73.7 Å². The number of sulfonamides is 1. The van der Waals surface area contributed by atoms with Gasteiger partial charge in [0.25, 0.3) is 5.91 Å². The van der Waals surface area contributed by atoms with Crippen molar-refractivity contribution in [3.05, 3.63) is 83.4 Å². The van der Waals surface area contributed by atoms with Crippen LogP contribution < -0.4 is 15.4 Å². The van der Waals surface area contributed by atoms with E-state index < -0.39 is 28.1 Å². The third-order valence-corrected chi connectivity index (χ3v) is 9.90. The molecule has 0 aliphatic carbocycles. The molecular formula is C32H40N4O5S2. The molecule has 0 saturated heterocycles. The number of amides is 1. The molecule has 2 atom stereocenters. The Morgan fingerprint density at radius 2 is 1.72 bits per heavy atom. The van der Waals surface area contributed by atoms with E-state index in [1.54, 1.807) is 25.2 Å². The SMILES string of the molecule is CNc1nc2ccc(S(=O)(=O)N(CC(C)C)C[C@@H](O)[C@H](Cc3ccccc3)NC(=O)COc3c(C)cccc3C)cc2s1. The molecule has 0 aliphatic rings. The smallest absolute Gasteiger partial charge is 0.258 e. The Kier molecular flexibility index (Phi) is 10.8. The molecule has 0 saturated carbocycles. The number of aryl methyl sites for hydroxylation is 2. The molecule has 3 aromatic carbocycles. The van der Waals surface area contributed by atoms with Gasteiger partial charge in [-0.3, -0.25) is 4.79 Å². The molecule has 43 heavy (non-hydrogen) atoms. The van der Waals surface area contributed by atoms with E-state index in [4.69, 9.17) is 4.74 Å². The van der Waals surface area contributed by atoms with E-state index in [9.17, 15) is 18.3 Å². The second-order valence-electron chi connectivity index (χ2n) is 11.1. The van der Waals surface area contributed by atoms with Crippen LogP contribution in [0.25, 0.3) is 10.2 Å². The molecule has 1 heterocycles. The number of fused-ring (bicyclic) bond motifs is 1. The first-order chi connectivity index (χ1) is 20.5. The van der Waals surface area contributed by atoms with E-state index >= 15 is 0 Å². The van der Waals surface area contributed by atoms with Crippen LogP contribution in [0.1, 0.15) is 30.5 Å². The standard InChI is InChI=1S/C32H40N4O5S2/c1-21(2)18-36(43(39,40)25-14-15-26-29(17-25)42-32(33-5)35-26)19-28(37)27(16-24-12-7-6-8-13-24)34-30(38)20-41-31-22(3)10-9-11-23(31)4/h6-15,17,21,27-28,37H,16,18-20H2,1-5H3,(H,33,35)(H,34,38)/t27-,28+/m0/s1. The Morgan fingerprint density at radius 3 is 2.37 bits per heavy atom. The van der Waals surface area contributed by atoms with E-state index in [1.807, 2.05) is 76.2 Å². The summed E-state index contributed by atoms with van der Waals surface area (Å²) < 4.78 is 35.7. The van der Waals surface area contributed by atoms with Crippen molar-refractivity contribution >= 4 is 42.6 Å². The highest BCUT2D eigenvalue weighted by Crippen LogP contribution is 2.29. The lowest BCUT2D eigenvalue weighted by atomic mass is 10.0. The Bertz CT molecular complexity index is 1620. The summed E-state index contributed by atoms with van der Waals surface area (Å²) in [7, 11) is -2.21. The summed E-state index contributed by atoms with van der Waals surface area (Å²) in [6, 6.07) is 19.3. The highest BCUT2D eigenvalue weighted by Gasteiger charge is 2.32. The lowest BCUT2D eigenvalue weighted by Gasteiger charge is -2.30. The fourth-order valence-corrected chi connectivity index (χ4v) is 7.48. The number of aliphatic hydroxyl groups excluding tert-OH is 1. The topological polar surface area (TPSA) is 121 Å². The first-order valence-corrected chi connectivity index (χ1v) is 16.5. The van der Waals surface area contributed by atoms with E-state index in [0.29, 0.717) is 22.8 Å². The van der Waals surface area contributed by atoms with Crippen LogP contribution in [0.3, 0.4) is 0 Å². The van der Waals surface area contributed by atoms with E-state index in [-0.39, 0.29) is 30.5 Å². The van der Waals surface area contributed by atoms with E-state index in [2.05, 4.69) is 15.6 Å². The highest BCUT2D eigenvalue weighted by atomic mass is 32.2. The molecule has 0 spiro atoms. The first kappa shape index (κ1) is 32.4. The third-order valence-electron chi connectivity index (χ3n) is 7.04. The number of hydrogen-bond donors (Lipinski definition) is 3. The maximum atomic E-state index is 13.9. The van der Waals surface area contributed by atoms with E-state index in [0.717, 1.165) is 21.4 Å². The van der Waals surface area contributed by atoms with Gasteiger partial charge in [-0.05, 0) is 61.1 Å². The minimum absolute atomic E-state index is 0.00193. The number of aromatic nitrogens is 1. The number of rotatable bonds is 14. The second kappa shape index (κ2) is 14.3. The van der Waals surface area contributed by atoms with Gasteiger partial charge in [0, 0.05) is 20.1 Å². The van der Waals surface area contributed by atoms with E-state index in [1.165, 1.54) is 15.6 Å². The first-order valence-electron chi connectivity index (χ1n) is 14.3. The number of nitrogens with one attached hydrogen (secondary N) is 2. The molecule has 9 nitrogen and oxygen atoms in total. The number of benzene rings is 3. The minimum Gasteiger partial charge on any atom is -0.483 e. The molecule has 11 heteroatoms. The maximum Gasteiger partial charge on any atom is 0.258 e. The van der Waals surface area contributed by atoms with Gasteiger partial charge in [-0.25, -0.2) is 13.4 Å². The monoisotopic (exact) mass is 624 g/mol. The summed E-state index contributed by atoms with van der Waals surface area (Å²) in [5.41, 5.74) is 3.44. The lowest BCUT2D eigenvalue weighted by molar-refractivity contribution is -0.124. The van der Waals surface area contributed by atoms with Gasteiger partial charge in [0.15, 0.2) is 11.7 Å². The Morgan fingerprint density at radius 1 is 1.02 bits per heavy atom. The molecular weight excluding hydrogens is 585 g/mol. The van der Waals surface area contributed by atoms with Crippen LogP contribution in [0.2, 0.25) is 0 Å². The summed E-state index contributed by atoms with van der Waals surface area (Å²) in [6.07, 6.45) is -0.882. The fraction of sp³-hybridized carbons (Fsp3) is 0.375. The Balaban J connectivity index is 1.56. The lowest BCUT2D eigenvalue weighted by Crippen LogP contribution is -2.52. The zero-order valence-corrected chi connectivity index (χ0v) is 26.8. The maximum absolute atomic E-state index is 13.9. The van der Waals surface area contributed by atoms with Gasteiger partial charge < -0.3 is 20.5 Å². The van der Waals surface area contributed by atoms with Crippen molar-refractivity contribution < 1.29 is 23.1 Å². The third kappa shape index (κ3) is 8.32. The summed E-state index contributed by atoms with van der Waals surface area (Å²) in [6.45, 7) is 7.45. The number of thiazole rings is 1. The van der Waals surface area contributed by atoms with Crippen molar-refractivity contribution in [2.24, 2.45) is 5.92 Å². The van der Waals surface area contributed by atoms with Crippen LogP contribution in [-0.4, -0.2) is 67.6 Å². The summed E-state index contributed by atoms with van der Waals surface area (Å²) in [5.74, 6) is 0.238. The molecule has 0 unspecified atom stereocenters. The summed E-state index contributed by atoms with van der Waals surface area (Å²) in [4.78, 5) is 17.7. The van der Waals surface area contributed by atoms with Crippen molar-refractivity contribution in [1.82, 2.24) is 14.6 Å². The molecule has 230 valence electrons. The van der Waals surface area contributed by atoms with Gasteiger partial charge in [0.2, 0.25) is 10.0 Å². The predicted molar refractivity (Wildman–Crippen MR) is 172 cm³/mol. The number of aliphatic hydroxyl groups is 1. The molecule has 1 amide bonds. The van der Waals surface area contributed by atoms with Gasteiger partial charge in [0.1, 0.15) is 5.75 Å². The van der Waals surface area contributed by atoms with Crippen molar-refractivity contribution in [2.75, 3.05) is 32.1 Å². The van der Waals surface area contributed by atoms with Crippen molar-refractivity contribution in [3.63, 3.8) is 0 Å². The van der Waals surface area contributed by atoms with Crippen LogP contribution in [-0.2, 0) is 21.2 Å². The number of carbonyl (C=O) groups excluding carboxylic acids is 1. The van der Waals surface area contributed by atoms with Gasteiger partial charge in [-0.2, -0.15) is 4.31 Å².